The molecular weight excluding hydrogens is 366 g/mol. The van der Waals surface area contributed by atoms with Gasteiger partial charge < -0.3 is 9.52 Å². The summed E-state index contributed by atoms with van der Waals surface area (Å²) >= 11 is 0. The average molecular weight is 381 g/mol. The van der Waals surface area contributed by atoms with Crippen LogP contribution < -0.4 is 4.72 Å². The summed E-state index contributed by atoms with van der Waals surface area (Å²) in [5.74, 6) is -1.39. The smallest absolute Gasteiger partial charge is 0.372 e. The number of benzene rings is 3. The number of hydrogen-bond acceptors (Lipinski definition) is 4. The summed E-state index contributed by atoms with van der Waals surface area (Å²) in [6.07, 6.45) is 0. The van der Waals surface area contributed by atoms with Crippen LogP contribution in [0.5, 0.6) is 0 Å². The zero-order valence-electron chi connectivity index (χ0n) is 14.3. The van der Waals surface area contributed by atoms with E-state index in [4.69, 9.17) is 9.52 Å². The van der Waals surface area contributed by atoms with Crippen molar-refractivity contribution in [3.63, 3.8) is 0 Å². The molecule has 0 unspecified atom stereocenters. The van der Waals surface area contributed by atoms with Gasteiger partial charge in [0, 0.05) is 16.3 Å². The number of anilines is 1. The van der Waals surface area contributed by atoms with E-state index < -0.39 is 16.0 Å². The predicted molar refractivity (Wildman–Crippen MR) is 103 cm³/mol. The van der Waals surface area contributed by atoms with Crippen molar-refractivity contribution in [3.05, 3.63) is 72.0 Å². The van der Waals surface area contributed by atoms with Crippen molar-refractivity contribution in [2.45, 2.75) is 11.8 Å². The van der Waals surface area contributed by atoms with Crippen LogP contribution in [0.25, 0.3) is 21.7 Å². The molecule has 3 aromatic carbocycles. The number of carboxylic acid groups (broad SMARTS) is 1. The number of aromatic carboxylic acids is 1. The molecule has 136 valence electrons. The molecule has 0 amide bonds. The Morgan fingerprint density at radius 2 is 1.74 bits per heavy atom. The first-order chi connectivity index (χ1) is 12.9. The highest BCUT2D eigenvalue weighted by atomic mass is 32.2. The average Bonchev–Trinajstić information content (AvgIpc) is 2.98. The maximum atomic E-state index is 12.9. The fraction of sp³-hybridized carbons (Fsp3) is 0.0500. The number of hydrogen-bond donors (Lipinski definition) is 2. The fourth-order valence-electron chi connectivity index (χ4n) is 3.09. The highest BCUT2D eigenvalue weighted by Gasteiger charge is 2.21. The molecule has 0 aliphatic heterocycles. The van der Waals surface area contributed by atoms with Crippen LogP contribution >= 0.6 is 0 Å². The first-order valence-electron chi connectivity index (χ1n) is 8.14. The summed E-state index contributed by atoms with van der Waals surface area (Å²) < 4.78 is 33.7. The normalized spacial score (nSPS) is 11.7. The number of furan rings is 1. The topological polar surface area (TPSA) is 96.6 Å². The van der Waals surface area contributed by atoms with Crippen molar-refractivity contribution < 1.29 is 22.7 Å². The standard InChI is InChI=1S/C20H15NO5S/c1-12-16-11-14(9-10-18(16)26-19(12)20(22)23)27(24,25)21-17-8-4-6-13-5-2-3-7-15(13)17/h2-11,21H,1H3,(H,22,23). The minimum Gasteiger partial charge on any atom is -0.475 e. The van der Waals surface area contributed by atoms with Gasteiger partial charge in [-0.25, -0.2) is 13.2 Å². The third-order valence-electron chi connectivity index (χ3n) is 4.45. The second-order valence-electron chi connectivity index (χ2n) is 6.15. The van der Waals surface area contributed by atoms with Gasteiger partial charge in [0.2, 0.25) is 5.76 Å². The Bertz CT molecular complexity index is 1300. The lowest BCUT2D eigenvalue weighted by Gasteiger charge is -2.11. The number of rotatable bonds is 4. The van der Waals surface area contributed by atoms with Crippen LogP contribution in [0.1, 0.15) is 16.1 Å². The van der Waals surface area contributed by atoms with Crippen LogP contribution in [0.15, 0.2) is 70.0 Å². The molecule has 0 saturated heterocycles. The van der Waals surface area contributed by atoms with Gasteiger partial charge in [0.1, 0.15) is 5.58 Å². The molecule has 0 fully saturated rings. The van der Waals surface area contributed by atoms with Gasteiger partial charge in [-0.1, -0.05) is 36.4 Å². The summed E-state index contributed by atoms with van der Waals surface area (Å²) in [4.78, 5) is 11.2. The second kappa shape index (κ2) is 6.14. The Morgan fingerprint density at radius 1 is 1.00 bits per heavy atom. The molecule has 2 N–H and O–H groups in total. The number of carboxylic acids is 1. The van der Waals surface area contributed by atoms with Crippen molar-refractivity contribution in [2.75, 3.05) is 4.72 Å². The number of sulfonamides is 1. The Labute approximate surface area is 155 Å². The van der Waals surface area contributed by atoms with Crippen molar-refractivity contribution >= 4 is 43.4 Å². The molecule has 0 bridgehead atoms. The largest absolute Gasteiger partial charge is 0.475 e. The maximum absolute atomic E-state index is 12.9. The minimum atomic E-state index is -3.86. The van der Waals surface area contributed by atoms with Crippen molar-refractivity contribution in [1.82, 2.24) is 0 Å². The maximum Gasteiger partial charge on any atom is 0.372 e. The monoisotopic (exact) mass is 381 g/mol. The van der Waals surface area contributed by atoms with E-state index >= 15 is 0 Å². The molecular formula is C20H15NO5S. The van der Waals surface area contributed by atoms with Gasteiger partial charge >= 0.3 is 5.97 Å². The molecule has 0 atom stereocenters. The van der Waals surface area contributed by atoms with Crippen molar-refractivity contribution in [3.8, 4) is 0 Å². The van der Waals surface area contributed by atoms with Gasteiger partial charge in [-0.3, -0.25) is 4.72 Å². The Balaban J connectivity index is 1.79. The summed E-state index contributed by atoms with van der Waals surface area (Å²) in [6.45, 7) is 1.59. The molecule has 0 saturated carbocycles. The first-order valence-corrected chi connectivity index (χ1v) is 9.62. The van der Waals surface area contributed by atoms with Gasteiger partial charge in [0.25, 0.3) is 10.0 Å². The highest BCUT2D eigenvalue weighted by Crippen LogP contribution is 2.30. The lowest BCUT2D eigenvalue weighted by atomic mass is 10.1. The van der Waals surface area contributed by atoms with Crippen LogP contribution in [0.3, 0.4) is 0 Å². The highest BCUT2D eigenvalue weighted by molar-refractivity contribution is 7.92. The summed E-state index contributed by atoms with van der Waals surface area (Å²) in [5.41, 5.74) is 1.19. The van der Waals surface area contributed by atoms with E-state index in [0.717, 1.165) is 10.8 Å². The van der Waals surface area contributed by atoms with Crippen LogP contribution in [0.4, 0.5) is 5.69 Å². The van der Waals surface area contributed by atoms with Crippen LogP contribution in [0, 0.1) is 6.92 Å². The molecule has 1 aromatic heterocycles. The summed E-state index contributed by atoms with van der Waals surface area (Å²) in [6, 6.07) is 17.1. The SMILES string of the molecule is Cc1c(C(=O)O)oc2ccc(S(=O)(=O)Nc3cccc4ccccc34)cc12. The van der Waals surface area contributed by atoms with Crippen molar-refractivity contribution in [2.24, 2.45) is 0 Å². The molecule has 1 heterocycles. The third kappa shape index (κ3) is 2.92. The van der Waals surface area contributed by atoms with E-state index in [1.807, 2.05) is 30.3 Å². The van der Waals surface area contributed by atoms with E-state index in [2.05, 4.69) is 4.72 Å². The molecule has 4 rings (SSSR count). The molecule has 0 radical (unpaired) electrons. The fourth-order valence-corrected chi connectivity index (χ4v) is 4.19. The third-order valence-corrected chi connectivity index (χ3v) is 5.81. The van der Waals surface area contributed by atoms with E-state index in [0.29, 0.717) is 22.2 Å². The number of nitrogens with one attached hydrogen (secondary N) is 1. The van der Waals surface area contributed by atoms with Gasteiger partial charge in [0.15, 0.2) is 0 Å². The molecule has 7 heteroatoms. The molecule has 6 nitrogen and oxygen atoms in total. The number of fused-ring (bicyclic) bond motifs is 2. The van der Waals surface area contributed by atoms with E-state index in [9.17, 15) is 13.2 Å². The quantitative estimate of drug-likeness (QED) is 0.546. The second-order valence-corrected chi connectivity index (χ2v) is 7.83. The zero-order chi connectivity index (χ0) is 19.2. The first kappa shape index (κ1) is 17.1. The van der Waals surface area contributed by atoms with Gasteiger partial charge in [0.05, 0.1) is 10.6 Å². The minimum absolute atomic E-state index is 0.0313. The van der Waals surface area contributed by atoms with E-state index in [1.165, 1.54) is 18.2 Å². The van der Waals surface area contributed by atoms with Crippen molar-refractivity contribution in [1.29, 1.82) is 0 Å². The van der Waals surface area contributed by atoms with Crippen LogP contribution in [-0.4, -0.2) is 19.5 Å². The lowest BCUT2D eigenvalue weighted by Crippen LogP contribution is -2.13. The lowest BCUT2D eigenvalue weighted by molar-refractivity contribution is 0.0664. The molecule has 4 aromatic rings. The molecule has 0 aliphatic carbocycles. The van der Waals surface area contributed by atoms with E-state index in [-0.39, 0.29) is 10.7 Å². The molecule has 0 aliphatic rings. The number of aryl methyl sites for hydroxylation is 1. The Kier molecular flexibility index (Phi) is 3.89. The predicted octanol–water partition coefficient (Wildman–Crippen LogP) is 4.39. The Morgan fingerprint density at radius 3 is 2.52 bits per heavy atom. The van der Waals surface area contributed by atoms with Gasteiger partial charge in [-0.15, -0.1) is 0 Å². The molecule has 27 heavy (non-hydrogen) atoms. The van der Waals surface area contributed by atoms with Gasteiger partial charge in [-0.05, 0) is 36.6 Å². The Hall–Kier alpha value is -3.32. The summed E-state index contributed by atoms with van der Waals surface area (Å²) in [7, 11) is -3.86. The summed E-state index contributed by atoms with van der Waals surface area (Å²) in [5, 5.41) is 11.3. The van der Waals surface area contributed by atoms with Crippen LogP contribution in [-0.2, 0) is 10.0 Å². The van der Waals surface area contributed by atoms with Crippen LogP contribution in [0.2, 0.25) is 0 Å². The van der Waals surface area contributed by atoms with Gasteiger partial charge in [-0.2, -0.15) is 0 Å². The zero-order valence-corrected chi connectivity index (χ0v) is 15.1. The number of carbonyl (C=O) groups is 1. The van der Waals surface area contributed by atoms with E-state index in [1.54, 1.807) is 19.1 Å². The molecule has 0 spiro atoms.